The first kappa shape index (κ1) is 18.5. The third-order valence-corrected chi connectivity index (χ3v) is 5.36. The Morgan fingerprint density at radius 2 is 2.17 bits per heavy atom. The van der Waals surface area contributed by atoms with Crippen molar-refractivity contribution < 1.29 is 13.7 Å². The minimum atomic E-state index is -0.899. The normalized spacial score (nSPS) is 21.9. The van der Waals surface area contributed by atoms with Crippen LogP contribution in [-0.2, 0) is 0 Å². The van der Waals surface area contributed by atoms with Gasteiger partial charge in [-0.3, -0.25) is 9.36 Å². The van der Waals surface area contributed by atoms with Gasteiger partial charge < -0.3 is 9.84 Å². The van der Waals surface area contributed by atoms with Crippen LogP contribution in [0.4, 0.5) is 10.1 Å². The number of fused-ring (bicyclic) bond motifs is 1. The third kappa shape index (κ3) is 3.34. The minimum absolute atomic E-state index is 0.268. The average molecular weight is 405 g/mol. The maximum atomic E-state index is 13.2. The molecule has 0 radical (unpaired) electrons. The van der Waals surface area contributed by atoms with Gasteiger partial charge in [-0.2, -0.15) is 4.98 Å². The van der Waals surface area contributed by atoms with Crippen molar-refractivity contribution in [1.82, 2.24) is 19.7 Å². The molecule has 1 unspecified atom stereocenters. The van der Waals surface area contributed by atoms with Crippen LogP contribution >= 0.6 is 0 Å². The number of hydrogen-bond acceptors (Lipinski definition) is 5. The maximum absolute atomic E-state index is 13.2. The van der Waals surface area contributed by atoms with Crippen LogP contribution in [0.25, 0.3) is 23.7 Å². The van der Waals surface area contributed by atoms with E-state index in [1.807, 2.05) is 43.5 Å². The number of carbonyl (C=O) groups is 1. The summed E-state index contributed by atoms with van der Waals surface area (Å²) >= 11 is 0. The molecule has 152 valence electrons. The zero-order valence-corrected chi connectivity index (χ0v) is 16.5. The molecule has 1 aliphatic carbocycles. The summed E-state index contributed by atoms with van der Waals surface area (Å²) in [6.45, 7) is 3.97. The highest BCUT2D eigenvalue weighted by Gasteiger charge is 2.43. The molecule has 0 spiro atoms. The first-order valence-electron chi connectivity index (χ1n) is 9.83. The lowest BCUT2D eigenvalue weighted by atomic mass is 10.1. The zero-order chi connectivity index (χ0) is 20.8. The van der Waals surface area contributed by atoms with E-state index in [-0.39, 0.29) is 17.7 Å². The number of hydrogen-bond donors (Lipinski definition) is 1. The maximum Gasteiger partial charge on any atom is 0.274 e. The molecule has 1 fully saturated rings. The van der Waals surface area contributed by atoms with Crippen LogP contribution in [0.2, 0.25) is 0 Å². The number of aryl methyl sites for hydroxylation is 1. The van der Waals surface area contributed by atoms with Crippen LogP contribution in [-0.4, -0.2) is 31.8 Å². The Bertz CT molecular complexity index is 1190. The molecule has 0 bridgehead atoms. The molecular weight excluding hydrogens is 385 g/mol. The quantitative estimate of drug-likeness (QED) is 0.693. The Morgan fingerprint density at radius 1 is 1.33 bits per heavy atom. The van der Waals surface area contributed by atoms with Crippen LogP contribution in [0.3, 0.4) is 0 Å². The minimum Gasteiger partial charge on any atom is -0.339 e. The number of amides is 1. The van der Waals surface area contributed by atoms with Crippen molar-refractivity contribution in [2.75, 3.05) is 5.32 Å². The molecule has 1 aromatic carbocycles. The van der Waals surface area contributed by atoms with Gasteiger partial charge in [0.15, 0.2) is 0 Å². The standard InChI is InChI=1S/C22H20FN5O2/c1-12-3-6-19-24-11-18(28(19)8-7-12)21(29)25-17-9-14(5-4-13(17)2)20-26-22(30-27-20)15-10-16(15)23/h3-9,11-12,15-16H,10H2,1-2H3,(H,25,29)/t12?,15-,16+/m0/s1. The molecule has 5 rings (SSSR count). The average Bonchev–Trinajstić information content (AvgIpc) is 3.15. The fraction of sp³-hybridized carbons (Fsp3) is 0.273. The van der Waals surface area contributed by atoms with E-state index in [9.17, 15) is 9.18 Å². The Hall–Kier alpha value is -3.55. The van der Waals surface area contributed by atoms with Gasteiger partial charge in [0, 0.05) is 17.5 Å². The molecule has 0 saturated heterocycles. The highest BCUT2D eigenvalue weighted by molar-refractivity contribution is 6.04. The Morgan fingerprint density at radius 3 is 2.97 bits per heavy atom. The smallest absolute Gasteiger partial charge is 0.274 e. The third-order valence-electron chi connectivity index (χ3n) is 5.36. The second-order valence-electron chi connectivity index (χ2n) is 7.73. The molecule has 1 amide bonds. The van der Waals surface area contributed by atoms with Crippen molar-refractivity contribution in [3.63, 3.8) is 0 Å². The van der Waals surface area contributed by atoms with Crippen LogP contribution in [0.15, 0.2) is 41.1 Å². The number of aromatic nitrogens is 4. The topological polar surface area (TPSA) is 85.8 Å². The van der Waals surface area contributed by atoms with Gasteiger partial charge in [0.05, 0.1) is 12.1 Å². The molecule has 8 heteroatoms. The Kier molecular flexibility index (Phi) is 4.34. The summed E-state index contributed by atoms with van der Waals surface area (Å²) in [5, 5.41) is 6.91. The number of rotatable bonds is 4. The molecule has 1 aliphatic heterocycles. The van der Waals surface area contributed by atoms with E-state index in [1.54, 1.807) is 16.8 Å². The van der Waals surface area contributed by atoms with Gasteiger partial charge in [-0.1, -0.05) is 36.4 Å². The van der Waals surface area contributed by atoms with Gasteiger partial charge in [0.2, 0.25) is 11.7 Å². The van der Waals surface area contributed by atoms with E-state index >= 15 is 0 Å². The fourth-order valence-electron chi connectivity index (χ4n) is 3.35. The van der Waals surface area contributed by atoms with Crippen molar-refractivity contribution >= 4 is 23.9 Å². The van der Waals surface area contributed by atoms with Crippen molar-refractivity contribution in [2.24, 2.45) is 5.92 Å². The molecule has 3 heterocycles. The van der Waals surface area contributed by atoms with Crippen LogP contribution in [0, 0.1) is 12.8 Å². The van der Waals surface area contributed by atoms with Gasteiger partial charge in [0.1, 0.15) is 17.7 Å². The first-order chi connectivity index (χ1) is 14.5. The summed E-state index contributed by atoms with van der Waals surface area (Å²) in [5.41, 5.74) is 2.65. The lowest BCUT2D eigenvalue weighted by Crippen LogP contribution is -2.16. The molecule has 30 heavy (non-hydrogen) atoms. The largest absolute Gasteiger partial charge is 0.339 e. The number of halogens is 1. The summed E-state index contributed by atoms with van der Waals surface area (Å²) in [5.74, 6) is 1.10. The van der Waals surface area contributed by atoms with E-state index in [4.69, 9.17) is 4.52 Å². The highest BCUT2D eigenvalue weighted by atomic mass is 19.1. The summed E-state index contributed by atoms with van der Waals surface area (Å²) < 4.78 is 20.2. The predicted molar refractivity (Wildman–Crippen MR) is 110 cm³/mol. The Balaban J connectivity index is 1.40. The first-order valence-corrected chi connectivity index (χ1v) is 9.83. The van der Waals surface area contributed by atoms with Crippen LogP contribution < -0.4 is 5.32 Å². The fourth-order valence-corrected chi connectivity index (χ4v) is 3.35. The summed E-state index contributed by atoms with van der Waals surface area (Å²) in [7, 11) is 0. The number of allylic oxidation sites excluding steroid dienone is 2. The monoisotopic (exact) mass is 405 g/mol. The number of nitrogens with zero attached hydrogens (tertiary/aromatic N) is 4. The molecule has 2 aromatic heterocycles. The second kappa shape index (κ2) is 7.05. The van der Waals surface area contributed by atoms with Crippen LogP contribution in [0.5, 0.6) is 0 Å². The van der Waals surface area contributed by atoms with Gasteiger partial charge >= 0.3 is 0 Å². The van der Waals surface area contributed by atoms with Crippen molar-refractivity contribution in [3.05, 3.63) is 59.5 Å². The predicted octanol–water partition coefficient (Wildman–Crippen LogP) is 4.45. The van der Waals surface area contributed by atoms with Gasteiger partial charge in [-0.25, -0.2) is 9.37 Å². The van der Waals surface area contributed by atoms with Crippen LogP contribution in [0.1, 0.15) is 47.0 Å². The summed E-state index contributed by atoms with van der Waals surface area (Å²) in [6, 6.07) is 5.51. The number of benzene rings is 1. The molecule has 3 aromatic rings. The number of carbonyl (C=O) groups excluding carboxylic acids is 1. The van der Waals surface area contributed by atoms with Gasteiger partial charge in [-0.05, 0) is 37.0 Å². The van der Waals surface area contributed by atoms with E-state index in [2.05, 4.69) is 27.4 Å². The Labute approximate surface area is 172 Å². The number of nitrogens with one attached hydrogen (secondary N) is 1. The highest BCUT2D eigenvalue weighted by Crippen LogP contribution is 2.43. The van der Waals surface area contributed by atoms with E-state index in [0.29, 0.717) is 40.9 Å². The number of anilines is 1. The lowest BCUT2D eigenvalue weighted by Gasteiger charge is -2.10. The summed E-state index contributed by atoms with van der Waals surface area (Å²) in [4.78, 5) is 21.6. The zero-order valence-electron chi connectivity index (χ0n) is 16.5. The van der Waals surface area contributed by atoms with E-state index < -0.39 is 6.17 Å². The molecule has 1 saturated carbocycles. The van der Waals surface area contributed by atoms with E-state index in [0.717, 1.165) is 5.56 Å². The number of alkyl halides is 1. The SMILES string of the molecule is Cc1ccc(-c2noc([C@H]3C[C@H]3F)n2)cc1NC(=O)c1cnc2n1C=CC(C)C=C2. The second-order valence-corrected chi connectivity index (χ2v) is 7.73. The van der Waals surface area contributed by atoms with E-state index in [1.165, 1.54) is 0 Å². The number of imidazole rings is 1. The van der Waals surface area contributed by atoms with Gasteiger partial charge in [0.25, 0.3) is 5.91 Å². The molecule has 7 nitrogen and oxygen atoms in total. The van der Waals surface area contributed by atoms with Crippen molar-refractivity contribution in [3.8, 4) is 11.4 Å². The van der Waals surface area contributed by atoms with Crippen molar-refractivity contribution in [2.45, 2.75) is 32.4 Å². The van der Waals surface area contributed by atoms with Gasteiger partial charge in [-0.15, -0.1) is 0 Å². The molecular formula is C22H20FN5O2. The molecule has 2 aliphatic rings. The molecule has 1 N–H and O–H groups in total. The molecule has 3 atom stereocenters. The lowest BCUT2D eigenvalue weighted by molar-refractivity contribution is 0.102. The summed E-state index contributed by atoms with van der Waals surface area (Å²) in [6.07, 6.45) is 8.89. The van der Waals surface area contributed by atoms with Crippen molar-refractivity contribution in [1.29, 1.82) is 0 Å².